The maximum absolute atomic E-state index is 13.6. The van der Waals surface area contributed by atoms with Crippen LogP contribution in [0.4, 0.5) is 30.7 Å². The van der Waals surface area contributed by atoms with Crippen LogP contribution in [0.25, 0.3) is 0 Å². The lowest BCUT2D eigenvalue weighted by molar-refractivity contribution is -0.193. The van der Waals surface area contributed by atoms with E-state index in [4.69, 9.17) is 31.4 Å². The minimum absolute atomic E-state index is 0.241. The number of aromatic amines is 1. The Labute approximate surface area is 187 Å². The smallest absolute Gasteiger partial charge is 0.475 e. The zero-order valence-corrected chi connectivity index (χ0v) is 17.8. The molecule has 0 atom stereocenters. The van der Waals surface area contributed by atoms with E-state index in [1.807, 2.05) is 14.0 Å². The third-order valence-electron chi connectivity index (χ3n) is 3.47. The Morgan fingerprint density at radius 1 is 1.09 bits per heavy atom. The van der Waals surface area contributed by atoms with E-state index >= 15 is 0 Å². The summed E-state index contributed by atoms with van der Waals surface area (Å²) >= 11 is 6.00. The van der Waals surface area contributed by atoms with E-state index in [0.29, 0.717) is 23.6 Å². The van der Waals surface area contributed by atoms with Gasteiger partial charge in [0.05, 0.1) is 6.54 Å². The Balaban J connectivity index is 0.000000605. The fraction of sp³-hybridized carbons (Fsp3) is 0.389. The molecule has 1 aromatic heterocycles. The SMILES string of the molecule is Cc1cnc(CN(C)CCc2c(F)cccc2Cl)[nH]1.O=C(O)C(F)(F)F.O=C(O)C(F)(F)F. The van der Waals surface area contributed by atoms with Crippen molar-refractivity contribution in [3.05, 3.63) is 52.3 Å². The van der Waals surface area contributed by atoms with E-state index in [0.717, 1.165) is 18.1 Å². The molecule has 2 rings (SSSR count). The van der Waals surface area contributed by atoms with Crippen LogP contribution in [0.3, 0.4) is 0 Å². The molecule has 0 saturated carbocycles. The van der Waals surface area contributed by atoms with Crippen LogP contribution in [0.1, 0.15) is 17.1 Å². The van der Waals surface area contributed by atoms with Gasteiger partial charge in [0.1, 0.15) is 11.6 Å². The summed E-state index contributed by atoms with van der Waals surface area (Å²) in [6.45, 7) is 3.40. The van der Waals surface area contributed by atoms with Crippen molar-refractivity contribution in [3.8, 4) is 0 Å². The number of imidazole rings is 1. The largest absolute Gasteiger partial charge is 0.490 e. The standard InChI is InChI=1S/C14H17ClFN3.2C2HF3O2/c1-10-8-17-14(18-10)9-19(2)7-6-11-12(15)4-3-5-13(11)16;2*3-2(4,5)1(6)7/h3-5,8H,6-7,9H2,1-2H3,(H,17,18);2*(H,6,7). The number of nitrogens with zero attached hydrogens (tertiary/aromatic N) is 2. The molecular weight excluding hydrogens is 491 g/mol. The first kappa shape index (κ1) is 30.1. The number of aliphatic carboxylic acids is 2. The number of hydrogen-bond acceptors (Lipinski definition) is 4. The number of carboxylic acid groups (broad SMARTS) is 2. The number of H-pyrrole nitrogens is 1. The Morgan fingerprint density at radius 3 is 1.94 bits per heavy atom. The predicted molar refractivity (Wildman–Crippen MR) is 102 cm³/mol. The van der Waals surface area contributed by atoms with Crippen LogP contribution in [0.2, 0.25) is 5.02 Å². The molecule has 0 radical (unpaired) electrons. The highest BCUT2D eigenvalue weighted by Crippen LogP contribution is 2.19. The summed E-state index contributed by atoms with van der Waals surface area (Å²) in [7, 11) is 1.98. The van der Waals surface area contributed by atoms with Crippen molar-refractivity contribution >= 4 is 23.5 Å². The molecule has 0 unspecified atom stereocenters. The highest BCUT2D eigenvalue weighted by Gasteiger charge is 2.38. The highest BCUT2D eigenvalue weighted by atomic mass is 35.5. The molecule has 0 fully saturated rings. The first-order valence-electron chi connectivity index (χ1n) is 8.67. The summed E-state index contributed by atoms with van der Waals surface area (Å²) in [6, 6.07) is 4.78. The third-order valence-corrected chi connectivity index (χ3v) is 3.82. The summed E-state index contributed by atoms with van der Waals surface area (Å²) in [6.07, 6.45) is -7.78. The average molecular weight is 510 g/mol. The van der Waals surface area contributed by atoms with Gasteiger partial charge in [-0.25, -0.2) is 19.0 Å². The number of benzene rings is 1. The van der Waals surface area contributed by atoms with E-state index < -0.39 is 24.3 Å². The van der Waals surface area contributed by atoms with Crippen molar-refractivity contribution < 1.29 is 50.5 Å². The lowest BCUT2D eigenvalue weighted by Crippen LogP contribution is -2.21. The average Bonchev–Trinajstić information content (AvgIpc) is 3.05. The Kier molecular flexibility index (Phi) is 11.9. The Bertz CT molecular complexity index is 873. The maximum atomic E-state index is 13.6. The van der Waals surface area contributed by atoms with E-state index in [1.54, 1.807) is 18.3 Å². The van der Waals surface area contributed by atoms with Crippen molar-refractivity contribution in [1.82, 2.24) is 14.9 Å². The van der Waals surface area contributed by atoms with Crippen LogP contribution in [0.15, 0.2) is 24.4 Å². The topological polar surface area (TPSA) is 107 Å². The minimum atomic E-state index is -5.08. The van der Waals surface area contributed by atoms with Crippen molar-refractivity contribution in [3.63, 3.8) is 0 Å². The number of aryl methyl sites for hydroxylation is 1. The van der Waals surface area contributed by atoms with Crippen LogP contribution in [0, 0.1) is 12.7 Å². The first-order chi connectivity index (χ1) is 14.9. The molecule has 0 aliphatic carbocycles. The second-order valence-electron chi connectivity index (χ2n) is 6.31. The van der Waals surface area contributed by atoms with Crippen molar-refractivity contribution in [2.75, 3.05) is 13.6 Å². The van der Waals surface area contributed by atoms with Gasteiger partial charge in [0.2, 0.25) is 0 Å². The molecule has 0 aliphatic rings. The van der Waals surface area contributed by atoms with Crippen LogP contribution in [-0.2, 0) is 22.6 Å². The van der Waals surface area contributed by atoms with Gasteiger partial charge in [-0.1, -0.05) is 17.7 Å². The Morgan fingerprint density at radius 2 is 1.58 bits per heavy atom. The molecule has 0 saturated heterocycles. The van der Waals surface area contributed by atoms with Crippen molar-refractivity contribution in [2.24, 2.45) is 0 Å². The van der Waals surface area contributed by atoms with Gasteiger partial charge in [-0.2, -0.15) is 26.3 Å². The molecule has 2 aromatic rings. The molecule has 0 spiro atoms. The third kappa shape index (κ3) is 12.7. The zero-order chi connectivity index (χ0) is 26.0. The van der Waals surface area contributed by atoms with Gasteiger partial charge in [-0.3, -0.25) is 4.90 Å². The molecule has 3 N–H and O–H groups in total. The number of nitrogens with one attached hydrogen (secondary N) is 1. The summed E-state index contributed by atoms with van der Waals surface area (Å²) in [4.78, 5) is 27.3. The van der Waals surface area contributed by atoms with E-state index in [1.165, 1.54) is 6.07 Å². The van der Waals surface area contributed by atoms with Crippen LogP contribution in [-0.4, -0.2) is 63.0 Å². The van der Waals surface area contributed by atoms with Gasteiger partial charge in [0.25, 0.3) is 0 Å². The van der Waals surface area contributed by atoms with Gasteiger partial charge in [0, 0.05) is 29.0 Å². The summed E-state index contributed by atoms with van der Waals surface area (Å²) < 4.78 is 77.1. The lowest BCUT2D eigenvalue weighted by atomic mass is 10.1. The maximum Gasteiger partial charge on any atom is 0.490 e. The lowest BCUT2D eigenvalue weighted by Gasteiger charge is -2.15. The van der Waals surface area contributed by atoms with Gasteiger partial charge in [-0.15, -0.1) is 0 Å². The van der Waals surface area contributed by atoms with Crippen molar-refractivity contribution in [1.29, 1.82) is 0 Å². The summed E-state index contributed by atoms with van der Waals surface area (Å²) in [5.41, 5.74) is 1.62. The van der Waals surface area contributed by atoms with Crippen LogP contribution >= 0.6 is 11.6 Å². The van der Waals surface area contributed by atoms with E-state index in [9.17, 15) is 30.7 Å². The van der Waals surface area contributed by atoms with Gasteiger partial charge >= 0.3 is 24.3 Å². The molecule has 7 nitrogen and oxygen atoms in total. The number of likely N-dealkylation sites (N-methyl/N-ethyl adjacent to an activating group) is 1. The number of aromatic nitrogens is 2. The number of rotatable bonds is 5. The highest BCUT2D eigenvalue weighted by molar-refractivity contribution is 6.31. The number of carbonyl (C=O) groups is 2. The minimum Gasteiger partial charge on any atom is -0.475 e. The number of hydrogen-bond donors (Lipinski definition) is 3. The quantitative estimate of drug-likeness (QED) is 0.514. The number of halogens is 8. The normalized spacial score (nSPS) is 11.2. The Hall–Kier alpha value is -2.87. The fourth-order valence-electron chi connectivity index (χ4n) is 1.96. The molecular formula is C18H19ClF7N3O4. The molecule has 33 heavy (non-hydrogen) atoms. The number of alkyl halides is 6. The first-order valence-corrected chi connectivity index (χ1v) is 9.05. The van der Waals surface area contributed by atoms with Crippen molar-refractivity contribution in [2.45, 2.75) is 32.2 Å². The fourth-order valence-corrected chi connectivity index (χ4v) is 2.21. The molecule has 186 valence electrons. The molecule has 0 aliphatic heterocycles. The summed E-state index contributed by atoms with van der Waals surface area (Å²) in [5.74, 6) is -4.84. The summed E-state index contributed by atoms with van der Waals surface area (Å²) in [5, 5.41) is 14.7. The molecule has 0 bridgehead atoms. The van der Waals surface area contributed by atoms with Gasteiger partial charge in [0.15, 0.2) is 0 Å². The molecule has 0 amide bonds. The molecule has 1 heterocycles. The zero-order valence-electron chi connectivity index (χ0n) is 17.1. The predicted octanol–water partition coefficient (Wildman–Crippen LogP) is 4.45. The van der Waals surface area contributed by atoms with Gasteiger partial charge < -0.3 is 15.2 Å². The van der Waals surface area contributed by atoms with E-state index in [-0.39, 0.29) is 5.82 Å². The van der Waals surface area contributed by atoms with Crippen LogP contribution in [0.5, 0.6) is 0 Å². The van der Waals surface area contributed by atoms with Gasteiger partial charge in [-0.05, 0) is 32.5 Å². The molecule has 15 heteroatoms. The monoisotopic (exact) mass is 509 g/mol. The van der Waals surface area contributed by atoms with Crippen LogP contribution < -0.4 is 0 Å². The number of carboxylic acids is 2. The molecule has 1 aromatic carbocycles. The van der Waals surface area contributed by atoms with E-state index in [2.05, 4.69) is 14.9 Å². The second-order valence-corrected chi connectivity index (χ2v) is 6.71. The second kappa shape index (κ2) is 13.0.